The van der Waals surface area contributed by atoms with Crippen molar-refractivity contribution in [2.45, 2.75) is 32.6 Å². The summed E-state index contributed by atoms with van der Waals surface area (Å²) in [5.74, 6) is -0.880. The largest absolute Gasteiger partial charge is 0.481 e. The van der Waals surface area contributed by atoms with Gasteiger partial charge in [0.25, 0.3) is 0 Å². The molecule has 0 aliphatic carbocycles. The number of fused-ring (bicyclic) bond motifs is 1. The molecule has 0 spiro atoms. The second kappa shape index (κ2) is 8.09. The van der Waals surface area contributed by atoms with Crippen LogP contribution in [0.15, 0.2) is 54.0 Å². The highest BCUT2D eigenvalue weighted by Gasteiger charge is 2.27. The Bertz CT molecular complexity index is 1170. The number of carboxylic acids is 1. The molecule has 0 aliphatic rings. The number of thiazole rings is 1. The van der Waals surface area contributed by atoms with Crippen LogP contribution in [0.25, 0.3) is 32.9 Å². The molecule has 1 N–H and O–H groups in total. The zero-order valence-corrected chi connectivity index (χ0v) is 17.1. The van der Waals surface area contributed by atoms with E-state index in [0.29, 0.717) is 29.2 Å². The minimum absolute atomic E-state index is 0.542. The summed E-state index contributed by atoms with van der Waals surface area (Å²) in [6.45, 7) is 3.87. The molecule has 0 saturated carbocycles. The fourth-order valence-corrected chi connectivity index (χ4v) is 4.33. The average molecular weight is 404 g/mol. The SMILES string of the molecule is CCCC(C(=O)O)c1c(C)nc(-c2ccccc2)nc1-c1ccc2ncsc2c1. The first kappa shape index (κ1) is 19.2. The van der Waals surface area contributed by atoms with Gasteiger partial charge in [-0.05, 0) is 25.5 Å². The number of benzene rings is 2. The molecular formula is C23H21N3O2S. The van der Waals surface area contributed by atoms with Crippen molar-refractivity contribution >= 4 is 27.5 Å². The number of carbonyl (C=O) groups is 1. The predicted molar refractivity (Wildman–Crippen MR) is 116 cm³/mol. The van der Waals surface area contributed by atoms with E-state index in [4.69, 9.17) is 4.98 Å². The lowest BCUT2D eigenvalue weighted by atomic mass is 9.89. The second-order valence-corrected chi connectivity index (χ2v) is 7.86. The Morgan fingerprint density at radius 1 is 1.10 bits per heavy atom. The molecule has 2 heterocycles. The third-order valence-corrected chi connectivity index (χ3v) is 5.79. The van der Waals surface area contributed by atoms with E-state index in [0.717, 1.165) is 27.8 Å². The predicted octanol–water partition coefficient (Wildman–Crippen LogP) is 5.70. The number of aromatic nitrogens is 3. The minimum atomic E-state index is -0.842. The Labute approximate surface area is 173 Å². The highest BCUT2D eigenvalue weighted by Crippen LogP contribution is 2.36. The number of aliphatic carboxylic acids is 1. The summed E-state index contributed by atoms with van der Waals surface area (Å²) >= 11 is 1.56. The number of carboxylic acid groups (broad SMARTS) is 1. The van der Waals surface area contributed by atoms with Crippen LogP contribution in [0.3, 0.4) is 0 Å². The Hall–Kier alpha value is -3.12. The smallest absolute Gasteiger partial charge is 0.311 e. The molecular weight excluding hydrogens is 382 g/mol. The third-order valence-electron chi connectivity index (χ3n) is 5.00. The maximum absolute atomic E-state index is 12.1. The van der Waals surface area contributed by atoms with Crippen LogP contribution in [0.2, 0.25) is 0 Å². The van der Waals surface area contributed by atoms with E-state index in [1.54, 1.807) is 11.3 Å². The molecule has 0 amide bonds. The van der Waals surface area contributed by atoms with Gasteiger partial charge in [-0.15, -0.1) is 11.3 Å². The lowest BCUT2D eigenvalue weighted by Gasteiger charge is -2.19. The van der Waals surface area contributed by atoms with Crippen molar-refractivity contribution in [2.75, 3.05) is 0 Å². The van der Waals surface area contributed by atoms with Crippen LogP contribution in [0.1, 0.15) is 36.9 Å². The number of nitrogens with zero attached hydrogens (tertiary/aromatic N) is 3. The first-order valence-corrected chi connectivity index (χ1v) is 10.5. The zero-order valence-electron chi connectivity index (χ0n) is 16.3. The number of rotatable bonds is 6. The molecule has 2 aromatic carbocycles. The summed E-state index contributed by atoms with van der Waals surface area (Å²) in [7, 11) is 0. The normalized spacial score (nSPS) is 12.2. The maximum Gasteiger partial charge on any atom is 0.311 e. The van der Waals surface area contributed by atoms with Crippen molar-refractivity contribution in [3.8, 4) is 22.6 Å². The fourth-order valence-electron chi connectivity index (χ4n) is 3.62. The highest BCUT2D eigenvalue weighted by molar-refractivity contribution is 7.16. The number of hydrogen-bond acceptors (Lipinski definition) is 5. The molecule has 0 saturated heterocycles. The molecule has 1 atom stereocenters. The summed E-state index contributed by atoms with van der Waals surface area (Å²) in [6.07, 6.45) is 1.31. The first-order chi connectivity index (χ1) is 14.1. The molecule has 0 fully saturated rings. The van der Waals surface area contributed by atoms with Crippen molar-refractivity contribution in [1.29, 1.82) is 0 Å². The second-order valence-electron chi connectivity index (χ2n) is 6.98. The lowest BCUT2D eigenvalue weighted by molar-refractivity contribution is -0.139. The van der Waals surface area contributed by atoms with Gasteiger partial charge in [-0.3, -0.25) is 4.79 Å². The van der Waals surface area contributed by atoms with E-state index < -0.39 is 11.9 Å². The Kier molecular flexibility index (Phi) is 5.36. The minimum Gasteiger partial charge on any atom is -0.481 e. The lowest BCUT2D eigenvalue weighted by Crippen LogP contribution is -2.16. The van der Waals surface area contributed by atoms with Crippen molar-refractivity contribution in [2.24, 2.45) is 0 Å². The molecule has 146 valence electrons. The number of hydrogen-bond donors (Lipinski definition) is 1. The third kappa shape index (κ3) is 3.76. The standard InChI is InChI=1S/C23H21N3O2S/c1-3-7-17(23(27)28)20-14(2)25-22(15-8-5-4-6-9-15)26-21(20)16-10-11-18-19(12-16)29-13-24-18/h4-6,8-13,17H,3,7H2,1-2H3,(H,27,28). The van der Waals surface area contributed by atoms with Crippen LogP contribution in [0, 0.1) is 6.92 Å². The number of aryl methyl sites for hydroxylation is 1. The molecule has 29 heavy (non-hydrogen) atoms. The van der Waals surface area contributed by atoms with Gasteiger partial charge in [-0.1, -0.05) is 49.7 Å². The molecule has 0 radical (unpaired) electrons. The van der Waals surface area contributed by atoms with Crippen LogP contribution >= 0.6 is 11.3 Å². The quantitative estimate of drug-likeness (QED) is 0.447. The summed E-state index contributed by atoms with van der Waals surface area (Å²) < 4.78 is 1.05. The first-order valence-electron chi connectivity index (χ1n) is 9.59. The molecule has 0 bridgehead atoms. The monoisotopic (exact) mass is 403 g/mol. The van der Waals surface area contributed by atoms with E-state index in [9.17, 15) is 9.90 Å². The van der Waals surface area contributed by atoms with Gasteiger partial charge in [-0.25, -0.2) is 15.0 Å². The van der Waals surface area contributed by atoms with E-state index in [2.05, 4.69) is 9.97 Å². The molecule has 6 heteroatoms. The van der Waals surface area contributed by atoms with Crippen molar-refractivity contribution in [1.82, 2.24) is 15.0 Å². The van der Waals surface area contributed by atoms with Gasteiger partial charge in [0.05, 0.1) is 27.3 Å². The summed E-state index contributed by atoms with van der Waals surface area (Å²) in [6, 6.07) is 15.7. The van der Waals surface area contributed by atoms with Gasteiger partial charge in [-0.2, -0.15) is 0 Å². The van der Waals surface area contributed by atoms with Crippen LogP contribution in [-0.2, 0) is 4.79 Å². The van der Waals surface area contributed by atoms with Gasteiger partial charge in [0.15, 0.2) is 5.82 Å². The van der Waals surface area contributed by atoms with Crippen LogP contribution in [0.4, 0.5) is 0 Å². The molecule has 1 unspecified atom stereocenters. The van der Waals surface area contributed by atoms with Crippen LogP contribution in [-0.4, -0.2) is 26.0 Å². The van der Waals surface area contributed by atoms with Gasteiger partial charge in [0.1, 0.15) is 0 Å². The molecule has 4 aromatic rings. The average Bonchev–Trinajstić information content (AvgIpc) is 3.20. The molecule has 0 aliphatic heterocycles. The Balaban J connectivity index is 1.97. The Morgan fingerprint density at radius 2 is 1.90 bits per heavy atom. The topological polar surface area (TPSA) is 76.0 Å². The fraction of sp³-hybridized carbons (Fsp3) is 0.217. The highest BCUT2D eigenvalue weighted by atomic mass is 32.1. The zero-order chi connectivity index (χ0) is 20.4. The van der Waals surface area contributed by atoms with E-state index in [1.807, 2.05) is 67.9 Å². The van der Waals surface area contributed by atoms with Gasteiger partial charge >= 0.3 is 5.97 Å². The van der Waals surface area contributed by atoms with Gasteiger partial charge in [0, 0.05) is 22.4 Å². The van der Waals surface area contributed by atoms with Crippen molar-refractivity contribution < 1.29 is 9.90 Å². The van der Waals surface area contributed by atoms with Gasteiger partial charge in [0.2, 0.25) is 0 Å². The Morgan fingerprint density at radius 3 is 2.62 bits per heavy atom. The molecule has 5 nitrogen and oxygen atoms in total. The van der Waals surface area contributed by atoms with Crippen LogP contribution < -0.4 is 0 Å². The maximum atomic E-state index is 12.1. The van der Waals surface area contributed by atoms with E-state index in [-0.39, 0.29) is 0 Å². The molecule has 4 rings (SSSR count). The van der Waals surface area contributed by atoms with E-state index >= 15 is 0 Å². The summed E-state index contributed by atoms with van der Waals surface area (Å²) in [5.41, 5.74) is 6.63. The van der Waals surface area contributed by atoms with Crippen molar-refractivity contribution in [3.05, 3.63) is 65.3 Å². The summed E-state index contributed by atoms with van der Waals surface area (Å²) in [5, 5.41) is 9.92. The molecule has 2 aromatic heterocycles. The van der Waals surface area contributed by atoms with Crippen LogP contribution in [0.5, 0.6) is 0 Å². The van der Waals surface area contributed by atoms with Gasteiger partial charge < -0.3 is 5.11 Å². The van der Waals surface area contributed by atoms with E-state index in [1.165, 1.54) is 0 Å². The summed E-state index contributed by atoms with van der Waals surface area (Å²) in [4.78, 5) is 26.0. The van der Waals surface area contributed by atoms with Crippen molar-refractivity contribution in [3.63, 3.8) is 0 Å².